The van der Waals surface area contributed by atoms with Crippen molar-refractivity contribution in [2.45, 2.75) is 84.1 Å². The van der Waals surface area contributed by atoms with Gasteiger partial charge < -0.3 is 15.4 Å². The molecule has 1 rings (SSSR count). The maximum Gasteiger partial charge on any atom is 0.206 e. The number of ether oxygens (including phenoxy) is 1. The lowest BCUT2D eigenvalue weighted by Crippen LogP contribution is -2.41. The molecule has 0 saturated carbocycles. The Kier molecular flexibility index (Phi) is 7.56. The van der Waals surface area contributed by atoms with Gasteiger partial charge in [0.05, 0.1) is 6.20 Å². The first-order valence-electron chi connectivity index (χ1n) is 8.21. The van der Waals surface area contributed by atoms with Gasteiger partial charge in [-0.25, -0.2) is 0 Å². The summed E-state index contributed by atoms with van der Waals surface area (Å²) < 4.78 is 5.19. The third-order valence-electron chi connectivity index (χ3n) is 4.20. The fraction of sp³-hybridized carbons (Fsp3) is 0.765. The monoisotopic (exact) mass is 280 g/mol. The fourth-order valence-electron chi connectivity index (χ4n) is 2.79. The highest BCUT2D eigenvalue weighted by Crippen LogP contribution is 2.31. The third kappa shape index (κ3) is 5.48. The van der Waals surface area contributed by atoms with Gasteiger partial charge in [-0.05, 0) is 19.8 Å². The van der Waals surface area contributed by atoms with E-state index in [0.29, 0.717) is 5.88 Å². The van der Waals surface area contributed by atoms with Crippen LogP contribution in [0, 0.1) is 0 Å². The molecule has 2 N–H and O–H groups in total. The molecule has 116 valence electrons. The standard InChI is InChI=1S/C17H32N2O/c1-4-6-8-10-12-17(3,11-9-7-5-2)19-13-14-20-16(18)15-19/h13-15H,4-12,18H2,1-3H3. The van der Waals surface area contributed by atoms with Crippen molar-refractivity contribution in [2.24, 2.45) is 5.73 Å². The molecule has 0 fully saturated rings. The Balaban J connectivity index is 2.61. The summed E-state index contributed by atoms with van der Waals surface area (Å²) in [5, 5.41) is 0. The summed E-state index contributed by atoms with van der Waals surface area (Å²) in [7, 11) is 0. The van der Waals surface area contributed by atoms with Crippen LogP contribution < -0.4 is 5.73 Å². The zero-order valence-electron chi connectivity index (χ0n) is 13.5. The smallest absolute Gasteiger partial charge is 0.206 e. The summed E-state index contributed by atoms with van der Waals surface area (Å²) in [4.78, 5) is 2.26. The summed E-state index contributed by atoms with van der Waals surface area (Å²) in [5.74, 6) is 0.489. The van der Waals surface area contributed by atoms with Crippen LogP contribution in [-0.4, -0.2) is 10.4 Å². The minimum Gasteiger partial charge on any atom is -0.446 e. The molecule has 0 bridgehead atoms. The normalized spacial score (nSPS) is 17.6. The van der Waals surface area contributed by atoms with Crippen molar-refractivity contribution >= 4 is 0 Å². The van der Waals surface area contributed by atoms with E-state index in [1.165, 1.54) is 57.8 Å². The SMILES string of the molecule is CCCCCCC(C)(CCCCC)N1C=COC(N)=C1. The van der Waals surface area contributed by atoms with Crippen molar-refractivity contribution in [3.05, 3.63) is 24.5 Å². The molecule has 3 heteroatoms. The van der Waals surface area contributed by atoms with Gasteiger partial charge in [-0.2, -0.15) is 0 Å². The van der Waals surface area contributed by atoms with Gasteiger partial charge in [-0.3, -0.25) is 0 Å². The van der Waals surface area contributed by atoms with Gasteiger partial charge in [0.2, 0.25) is 5.88 Å². The van der Waals surface area contributed by atoms with Crippen LogP contribution in [0.1, 0.15) is 78.6 Å². The van der Waals surface area contributed by atoms with Crippen molar-refractivity contribution in [1.82, 2.24) is 4.90 Å². The zero-order chi connectivity index (χ0) is 14.8. The van der Waals surface area contributed by atoms with Crippen molar-refractivity contribution in [1.29, 1.82) is 0 Å². The molecule has 1 heterocycles. The topological polar surface area (TPSA) is 38.5 Å². The van der Waals surface area contributed by atoms with Crippen LogP contribution >= 0.6 is 0 Å². The molecule has 0 aliphatic carbocycles. The third-order valence-corrected chi connectivity index (χ3v) is 4.20. The number of nitrogens with two attached hydrogens (primary N) is 1. The zero-order valence-corrected chi connectivity index (χ0v) is 13.5. The van der Waals surface area contributed by atoms with E-state index in [4.69, 9.17) is 10.5 Å². The molecule has 0 aromatic rings. The van der Waals surface area contributed by atoms with E-state index < -0.39 is 0 Å². The van der Waals surface area contributed by atoms with E-state index in [2.05, 4.69) is 25.7 Å². The van der Waals surface area contributed by atoms with Gasteiger partial charge in [0.15, 0.2) is 0 Å². The second-order valence-electron chi connectivity index (χ2n) is 6.11. The highest BCUT2D eigenvalue weighted by molar-refractivity contribution is 5.06. The predicted molar refractivity (Wildman–Crippen MR) is 85.6 cm³/mol. The highest BCUT2D eigenvalue weighted by atomic mass is 16.5. The molecule has 1 atom stereocenters. The number of hydrogen-bond donors (Lipinski definition) is 1. The van der Waals surface area contributed by atoms with Gasteiger partial charge in [0.25, 0.3) is 0 Å². The molecule has 20 heavy (non-hydrogen) atoms. The number of unbranched alkanes of at least 4 members (excludes halogenated alkanes) is 5. The fourth-order valence-corrected chi connectivity index (χ4v) is 2.79. The number of rotatable bonds is 10. The number of hydrogen-bond acceptors (Lipinski definition) is 3. The summed E-state index contributed by atoms with van der Waals surface area (Å²) in [6, 6.07) is 0. The maximum absolute atomic E-state index is 5.80. The Labute approximate surface area is 124 Å². The van der Waals surface area contributed by atoms with Crippen LogP contribution in [0.15, 0.2) is 24.5 Å². The molecular weight excluding hydrogens is 248 g/mol. The first kappa shape index (κ1) is 16.9. The summed E-state index contributed by atoms with van der Waals surface area (Å²) in [6.07, 6.45) is 17.2. The first-order valence-corrected chi connectivity index (χ1v) is 8.21. The van der Waals surface area contributed by atoms with E-state index in [0.717, 1.165) is 0 Å². The van der Waals surface area contributed by atoms with Crippen molar-refractivity contribution in [3.8, 4) is 0 Å². The van der Waals surface area contributed by atoms with Gasteiger partial charge in [-0.1, -0.05) is 58.8 Å². The van der Waals surface area contributed by atoms with E-state index >= 15 is 0 Å². The highest BCUT2D eigenvalue weighted by Gasteiger charge is 2.29. The summed E-state index contributed by atoms with van der Waals surface area (Å²) in [6.45, 7) is 6.87. The number of nitrogens with zero attached hydrogens (tertiary/aromatic N) is 1. The van der Waals surface area contributed by atoms with E-state index in [9.17, 15) is 0 Å². The Morgan fingerprint density at radius 1 is 1.05 bits per heavy atom. The Bertz CT molecular complexity index is 325. The molecule has 0 aromatic heterocycles. The van der Waals surface area contributed by atoms with Gasteiger partial charge in [-0.15, -0.1) is 0 Å². The average Bonchev–Trinajstić information content (AvgIpc) is 2.44. The average molecular weight is 280 g/mol. The largest absolute Gasteiger partial charge is 0.446 e. The molecule has 1 unspecified atom stereocenters. The quantitative estimate of drug-likeness (QED) is 0.581. The molecule has 0 amide bonds. The minimum atomic E-state index is 0.161. The first-order chi connectivity index (χ1) is 9.62. The molecule has 0 spiro atoms. The van der Waals surface area contributed by atoms with Crippen molar-refractivity contribution < 1.29 is 4.74 Å². The molecule has 3 nitrogen and oxygen atoms in total. The van der Waals surface area contributed by atoms with E-state index in [-0.39, 0.29) is 5.54 Å². The predicted octanol–water partition coefficient (Wildman–Crippen LogP) is 4.86. The lowest BCUT2D eigenvalue weighted by Gasteiger charge is -2.40. The molecular formula is C17H32N2O. The van der Waals surface area contributed by atoms with Crippen molar-refractivity contribution in [2.75, 3.05) is 0 Å². The Morgan fingerprint density at radius 2 is 1.65 bits per heavy atom. The molecule has 1 aliphatic rings. The van der Waals surface area contributed by atoms with Crippen LogP contribution in [0.4, 0.5) is 0 Å². The molecule has 1 aliphatic heterocycles. The minimum absolute atomic E-state index is 0.161. The van der Waals surface area contributed by atoms with Gasteiger partial charge >= 0.3 is 0 Å². The lowest BCUT2D eigenvalue weighted by atomic mass is 9.87. The second-order valence-corrected chi connectivity index (χ2v) is 6.11. The molecule has 0 saturated heterocycles. The summed E-state index contributed by atoms with van der Waals surface area (Å²) >= 11 is 0. The van der Waals surface area contributed by atoms with Crippen LogP contribution in [0.25, 0.3) is 0 Å². The Morgan fingerprint density at radius 3 is 2.25 bits per heavy atom. The molecule has 0 aromatic carbocycles. The van der Waals surface area contributed by atoms with Crippen molar-refractivity contribution in [3.63, 3.8) is 0 Å². The van der Waals surface area contributed by atoms with Crippen LogP contribution in [0.3, 0.4) is 0 Å². The van der Waals surface area contributed by atoms with Gasteiger partial charge in [0, 0.05) is 11.7 Å². The van der Waals surface area contributed by atoms with Crippen LogP contribution in [-0.2, 0) is 4.74 Å². The van der Waals surface area contributed by atoms with E-state index in [1.54, 1.807) is 6.26 Å². The van der Waals surface area contributed by atoms with Crippen LogP contribution in [0.2, 0.25) is 0 Å². The Hall–Kier alpha value is -1.12. The van der Waals surface area contributed by atoms with Gasteiger partial charge in [0.1, 0.15) is 6.26 Å². The maximum atomic E-state index is 5.80. The van der Waals surface area contributed by atoms with E-state index in [1.807, 2.05) is 12.4 Å². The second kappa shape index (κ2) is 8.93. The van der Waals surface area contributed by atoms with Crippen LogP contribution in [0.5, 0.6) is 0 Å². The lowest BCUT2D eigenvalue weighted by molar-refractivity contribution is 0.159. The molecule has 0 radical (unpaired) electrons. The summed E-state index contributed by atoms with van der Waals surface area (Å²) in [5.41, 5.74) is 5.96.